The summed E-state index contributed by atoms with van der Waals surface area (Å²) in [4.78, 5) is 31.9. The number of nitrogens with zero attached hydrogens (tertiary/aromatic N) is 2. The molecule has 1 aliphatic rings. The van der Waals surface area contributed by atoms with Gasteiger partial charge in [-0.15, -0.1) is 0 Å². The molecule has 1 aliphatic heterocycles. The van der Waals surface area contributed by atoms with Crippen molar-refractivity contribution in [3.8, 4) is 11.5 Å². The normalized spacial score (nSPS) is 12.8. The van der Waals surface area contributed by atoms with E-state index in [9.17, 15) is 14.0 Å². The zero-order valence-electron chi connectivity index (χ0n) is 25.2. The number of benzene rings is 4. The standard InChI is InChI=1S/C36H38FN3O4/c1-43-32-17-12-26(24-33(32)44-2)18-23-40(34(41)20-22-39-21-19-28-10-6-7-11-31(28)39)35(29-13-15-30(37)16-14-29)36(42)38-25-27-8-4-3-5-9-27/h3-17,24,35H,18-23,25H2,1-2H3,(H,38,42)/t35-/m0/s1. The van der Waals surface area contributed by atoms with Gasteiger partial charge in [0.25, 0.3) is 0 Å². The fourth-order valence-electron chi connectivity index (χ4n) is 5.70. The lowest BCUT2D eigenvalue weighted by atomic mass is 10.0. The first-order valence-electron chi connectivity index (χ1n) is 14.9. The highest BCUT2D eigenvalue weighted by atomic mass is 19.1. The third-order valence-corrected chi connectivity index (χ3v) is 8.04. The van der Waals surface area contributed by atoms with Gasteiger partial charge in [0.05, 0.1) is 14.2 Å². The average Bonchev–Trinajstić information content (AvgIpc) is 3.48. The summed E-state index contributed by atoms with van der Waals surface area (Å²) >= 11 is 0. The van der Waals surface area contributed by atoms with E-state index < -0.39 is 11.9 Å². The van der Waals surface area contributed by atoms with Gasteiger partial charge < -0.3 is 24.6 Å². The van der Waals surface area contributed by atoms with Crippen molar-refractivity contribution in [1.29, 1.82) is 0 Å². The molecule has 0 bridgehead atoms. The van der Waals surface area contributed by atoms with Crippen LogP contribution in [0.5, 0.6) is 11.5 Å². The molecule has 1 atom stereocenters. The van der Waals surface area contributed by atoms with Gasteiger partial charge in [0.15, 0.2) is 11.5 Å². The third kappa shape index (κ3) is 7.37. The topological polar surface area (TPSA) is 71.1 Å². The molecule has 0 unspecified atom stereocenters. The van der Waals surface area contributed by atoms with Crippen LogP contribution in [0.3, 0.4) is 0 Å². The van der Waals surface area contributed by atoms with Crippen molar-refractivity contribution in [1.82, 2.24) is 10.2 Å². The van der Waals surface area contributed by atoms with Gasteiger partial charge in [-0.1, -0.05) is 66.7 Å². The van der Waals surface area contributed by atoms with Crippen LogP contribution >= 0.6 is 0 Å². The molecule has 4 aromatic carbocycles. The molecular weight excluding hydrogens is 557 g/mol. The molecule has 4 aromatic rings. The molecule has 0 saturated heterocycles. The molecule has 0 aromatic heterocycles. The summed E-state index contributed by atoms with van der Waals surface area (Å²) < 4.78 is 24.9. The molecular formula is C36H38FN3O4. The summed E-state index contributed by atoms with van der Waals surface area (Å²) in [5, 5.41) is 3.02. The number of anilines is 1. The summed E-state index contributed by atoms with van der Waals surface area (Å²) in [6.45, 7) is 1.95. The Bertz CT molecular complexity index is 1560. The fraction of sp³-hybridized carbons (Fsp3) is 0.278. The zero-order valence-corrected chi connectivity index (χ0v) is 25.2. The molecule has 8 heteroatoms. The molecule has 2 amide bonds. The minimum absolute atomic E-state index is 0.154. The van der Waals surface area contributed by atoms with E-state index >= 15 is 0 Å². The van der Waals surface area contributed by atoms with Crippen molar-refractivity contribution < 1.29 is 23.5 Å². The predicted molar refractivity (Wildman–Crippen MR) is 169 cm³/mol. The number of hydrogen-bond donors (Lipinski definition) is 1. The van der Waals surface area contributed by atoms with Crippen LogP contribution in [0.4, 0.5) is 10.1 Å². The first-order chi connectivity index (χ1) is 21.5. The lowest BCUT2D eigenvalue weighted by molar-refractivity contribution is -0.140. The van der Waals surface area contributed by atoms with Gasteiger partial charge in [0, 0.05) is 38.3 Å². The smallest absolute Gasteiger partial charge is 0.247 e. The molecule has 0 spiro atoms. The van der Waals surface area contributed by atoms with Crippen LogP contribution in [0.1, 0.15) is 34.7 Å². The molecule has 228 valence electrons. The molecule has 0 radical (unpaired) electrons. The second-order valence-electron chi connectivity index (χ2n) is 10.8. The minimum atomic E-state index is -0.946. The van der Waals surface area contributed by atoms with Gasteiger partial charge in [-0.05, 0) is 65.4 Å². The Morgan fingerprint density at radius 2 is 1.61 bits per heavy atom. The van der Waals surface area contributed by atoms with Crippen LogP contribution < -0.4 is 19.7 Å². The molecule has 7 nitrogen and oxygen atoms in total. The number of amides is 2. The summed E-state index contributed by atoms with van der Waals surface area (Å²) in [6.07, 6.45) is 1.64. The van der Waals surface area contributed by atoms with Gasteiger partial charge in [-0.3, -0.25) is 9.59 Å². The predicted octanol–water partition coefficient (Wildman–Crippen LogP) is 5.72. The monoisotopic (exact) mass is 595 g/mol. The van der Waals surface area contributed by atoms with Gasteiger partial charge in [0.1, 0.15) is 11.9 Å². The molecule has 1 heterocycles. The largest absolute Gasteiger partial charge is 0.493 e. The van der Waals surface area contributed by atoms with Gasteiger partial charge in [0.2, 0.25) is 11.8 Å². The number of nitrogens with one attached hydrogen (secondary N) is 1. The number of para-hydroxylation sites is 1. The van der Waals surface area contributed by atoms with Crippen molar-refractivity contribution in [2.24, 2.45) is 0 Å². The lowest BCUT2D eigenvalue weighted by Gasteiger charge is -2.32. The van der Waals surface area contributed by atoms with Crippen LogP contribution in [0.15, 0.2) is 97.1 Å². The van der Waals surface area contributed by atoms with E-state index in [-0.39, 0.29) is 24.8 Å². The molecule has 1 N–H and O–H groups in total. The number of rotatable bonds is 13. The molecule has 44 heavy (non-hydrogen) atoms. The van der Waals surface area contributed by atoms with E-state index in [1.54, 1.807) is 31.3 Å². The number of methoxy groups -OCH3 is 2. The maximum atomic E-state index is 14.1. The number of carbonyl (C=O) groups is 2. The average molecular weight is 596 g/mol. The number of ether oxygens (including phenoxy) is 2. The van der Waals surface area contributed by atoms with Crippen molar-refractivity contribution in [3.05, 3.63) is 125 Å². The van der Waals surface area contributed by atoms with Gasteiger partial charge in [-0.2, -0.15) is 0 Å². The first kappa shape index (κ1) is 30.6. The van der Waals surface area contributed by atoms with Crippen molar-refractivity contribution in [2.45, 2.75) is 31.8 Å². The number of carbonyl (C=O) groups excluding carboxylic acids is 2. The highest BCUT2D eigenvalue weighted by Gasteiger charge is 2.32. The third-order valence-electron chi connectivity index (χ3n) is 8.04. The Balaban J connectivity index is 1.42. The lowest BCUT2D eigenvalue weighted by Crippen LogP contribution is -2.45. The fourth-order valence-corrected chi connectivity index (χ4v) is 5.70. The maximum absolute atomic E-state index is 14.1. The molecule has 0 fully saturated rings. The van der Waals surface area contributed by atoms with Crippen LogP contribution in [-0.4, -0.2) is 50.6 Å². The van der Waals surface area contributed by atoms with Crippen LogP contribution in [-0.2, 0) is 29.0 Å². The Kier molecular flexibility index (Phi) is 10.1. The Labute approximate surface area is 258 Å². The maximum Gasteiger partial charge on any atom is 0.247 e. The van der Waals surface area contributed by atoms with Gasteiger partial charge >= 0.3 is 0 Å². The Morgan fingerprint density at radius 1 is 0.886 bits per heavy atom. The minimum Gasteiger partial charge on any atom is -0.493 e. The first-order valence-corrected chi connectivity index (χ1v) is 14.9. The molecule has 0 saturated carbocycles. The zero-order chi connectivity index (χ0) is 30.9. The molecule has 0 aliphatic carbocycles. The SMILES string of the molecule is COc1ccc(CCN(C(=O)CCN2CCc3ccccc32)[C@H](C(=O)NCc2ccccc2)c2ccc(F)cc2)cc1OC. The second-order valence-corrected chi connectivity index (χ2v) is 10.8. The highest BCUT2D eigenvalue weighted by Crippen LogP contribution is 2.30. The summed E-state index contributed by atoms with van der Waals surface area (Å²) in [6, 6.07) is 28.3. The van der Waals surface area contributed by atoms with Gasteiger partial charge in [-0.25, -0.2) is 4.39 Å². The molecule has 5 rings (SSSR count). The van der Waals surface area contributed by atoms with E-state index in [0.717, 1.165) is 29.8 Å². The Morgan fingerprint density at radius 3 is 2.36 bits per heavy atom. The second kappa shape index (κ2) is 14.6. The van der Waals surface area contributed by atoms with Crippen LogP contribution in [0.2, 0.25) is 0 Å². The summed E-state index contributed by atoms with van der Waals surface area (Å²) in [7, 11) is 3.16. The van der Waals surface area contributed by atoms with E-state index in [1.165, 1.54) is 17.7 Å². The highest BCUT2D eigenvalue weighted by molar-refractivity contribution is 5.89. The number of fused-ring (bicyclic) bond motifs is 1. The summed E-state index contributed by atoms with van der Waals surface area (Å²) in [5.41, 5.74) is 4.83. The number of halogens is 1. The van der Waals surface area contributed by atoms with E-state index in [2.05, 4.69) is 22.3 Å². The summed E-state index contributed by atoms with van der Waals surface area (Å²) in [5.74, 6) is 0.311. The number of hydrogen-bond acceptors (Lipinski definition) is 5. The van der Waals surface area contributed by atoms with E-state index in [1.807, 2.05) is 60.7 Å². The van der Waals surface area contributed by atoms with Crippen LogP contribution in [0, 0.1) is 5.82 Å². The van der Waals surface area contributed by atoms with E-state index in [4.69, 9.17) is 9.47 Å². The quantitative estimate of drug-likeness (QED) is 0.214. The van der Waals surface area contributed by atoms with Crippen molar-refractivity contribution in [2.75, 3.05) is 38.8 Å². The van der Waals surface area contributed by atoms with Crippen molar-refractivity contribution >= 4 is 17.5 Å². The Hall–Kier alpha value is -4.85. The van der Waals surface area contributed by atoms with Crippen LogP contribution in [0.25, 0.3) is 0 Å². The van der Waals surface area contributed by atoms with E-state index in [0.29, 0.717) is 36.6 Å². The van der Waals surface area contributed by atoms with Crippen molar-refractivity contribution in [3.63, 3.8) is 0 Å².